The average Bonchev–Trinajstić information content (AvgIpc) is 3.65. The van der Waals surface area contributed by atoms with Crippen molar-refractivity contribution in [2.24, 2.45) is 0 Å². The Morgan fingerprint density at radius 3 is 1.60 bits per heavy atom. The average molecular weight is 730 g/mol. The maximum Gasteiger partial charge on any atom is 0.0645 e. The highest BCUT2D eigenvalue weighted by Crippen LogP contribution is 2.37. The summed E-state index contributed by atoms with van der Waals surface area (Å²) in [6, 6.07) is 65.7. The van der Waals surface area contributed by atoms with Gasteiger partial charge in [-0.2, -0.15) is 0 Å². The Kier molecular flexibility index (Phi) is 6.09. The van der Waals surface area contributed by atoms with Gasteiger partial charge in [-0.25, -0.2) is 0 Å². The van der Waals surface area contributed by atoms with Gasteiger partial charge < -0.3 is 13.7 Å². The third-order valence-corrected chi connectivity index (χ3v) is 11.5. The van der Waals surface area contributed by atoms with Gasteiger partial charge in [0.15, 0.2) is 0 Å². The Bertz CT molecular complexity index is 3870. The van der Waals surface area contributed by atoms with Gasteiger partial charge in [0.1, 0.15) is 0 Å². The molecule has 0 radical (unpaired) electrons. The fraction of sp³-hybridized carbons (Fsp3) is 0. The molecule has 0 amide bonds. The fourth-order valence-electron chi connectivity index (χ4n) is 8.92. The first-order chi connectivity index (χ1) is 29.9. The van der Waals surface area contributed by atoms with Gasteiger partial charge in [-0.1, -0.05) is 127 Å². The van der Waals surface area contributed by atoms with E-state index in [0.29, 0.717) is 10.9 Å². The highest BCUT2D eigenvalue weighted by atomic mass is 15.0. The van der Waals surface area contributed by atoms with Crippen molar-refractivity contribution in [1.29, 1.82) is 0 Å². The number of hydrogen-bond donors (Lipinski definition) is 0. The highest BCUT2D eigenvalue weighted by molar-refractivity contribution is 6.12. The van der Waals surface area contributed by atoms with Crippen LogP contribution in [-0.4, -0.2) is 13.7 Å². The predicted molar refractivity (Wildman–Crippen MR) is 242 cm³/mol. The Balaban J connectivity index is 1.25. The summed E-state index contributed by atoms with van der Waals surface area (Å²) >= 11 is 0. The number of rotatable bonds is 3. The van der Waals surface area contributed by atoms with Gasteiger partial charge in [0.25, 0.3) is 0 Å². The minimum absolute atomic E-state index is 0.0485. The first-order valence-electron chi connectivity index (χ1n) is 21.3. The van der Waals surface area contributed by atoms with Crippen molar-refractivity contribution < 1.29 is 5.48 Å². The van der Waals surface area contributed by atoms with E-state index in [1.54, 1.807) is 0 Å². The van der Waals surface area contributed by atoms with Gasteiger partial charge in [0.2, 0.25) is 0 Å². The lowest BCUT2D eigenvalue weighted by Gasteiger charge is -2.16. The van der Waals surface area contributed by atoms with Gasteiger partial charge in [0.05, 0.1) is 22.2 Å². The predicted octanol–water partition coefficient (Wildman–Crippen LogP) is 14.4. The smallest absolute Gasteiger partial charge is 0.0645 e. The second-order valence-electron chi connectivity index (χ2n) is 14.7. The number of para-hydroxylation sites is 2. The van der Waals surface area contributed by atoms with E-state index in [4.69, 9.17) is 4.11 Å². The molecule has 8 bridgehead atoms. The third kappa shape index (κ3) is 4.99. The van der Waals surface area contributed by atoms with E-state index in [-0.39, 0.29) is 24.2 Å². The normalized spacial score (nSPS) is 12.8. The molecule has 2 aromatic heterocycles. The fourth-order valence-corrected chi connectivity index (χ4v) is 8.92. The van der Waals surface area contributed by atoms with E-state index in [2.05, 4.69) is 167 Å². The summed E-state index contributed by atoms with van der Waals surface area (Å²) in [5.41, 5.74) is 8.13. The number of fused-ring (bicyclic) bond motifs is 11. The topological polar surface area (TPSA) is 14.8 Å². The lowest BCUT2D eigenvalue weighted by Crippen LogP contribution is -1.99. The van der Waals surface area contributed by atoms with Crippen LogP contribution in [0.15, 0.2) is 212 Å². The molecule has 10 aromatic carbocycles. The van der Waals surface area contributed by atoms with Crippen LogP contribution in [0.1, 0.15) is 5.48 Å². The van der Waals surface area contributed by atoms with E-state index in [1.165, 1.54) is 0 Å². The van der Waals surface area contributed by atoms with Crippen molar-refractivity contribution in [3.63, 3.8) is 0 Å². The molecule has 0 spiro atoms. The minimum atomic E-state index is -0.254. The van der Waals surface area contributed by atoms with E-state index in [1.807, 2.05) is 34.9 Å². The van der Waals surface area contributed by atoms with Crippen molar-refractivity contribution >= 4 is 87.0 Å². The van der Waals surface area contributed by atoms with Crippen molar-refractivity contribution in [1.82, 2.24) is 13.7 Å². The summed E-state index contributed by atoms with van der Waals surface area (Å²) in [5.74, 6) is 0. The summed E-state index contributed by atoms with van der Waals surface area (Å²) in [5, 5.41) is 10.0. The second kappa shape index (κ2) is 12.5. The standard InChI is InChI=1S/C54H35N3/c1-2-15-41(16-3-1)55-42-17-8-13-39(31-42)40-14-9-18-43(32-40)56(45-28-26-38-24-23-37-25-27-44(55)33-50(37)51(38)34-45)46-29-30-49-48-20-6-7-21-53(48)57(54(49)35-46)52-22-10-12-36-11-4-5-19-47(36)52/h1-35H/i6D,7D,20D,21D. The summed E-state index contributed by atoms with van der Waals surface area (Å²) in [6.45, 7) is 0. The van der Waals surface area contributed by atoms with Crippen molar-refractivity contribution in [3.05, 3.63) is 212 Å². The van der Waals surface area contributed by atoms with Gasteiger partial charge in [0, 0.05) is 49.6 Å². The molecule has 0 atom stereocenters. The zero-order valence-corrected chi connectivity index (χ0v) is 30.7. The molecule has 266 valence electrons. The number of hydrogen-bond acceptors (Lipinski definition) is 0. The van der Waals surface area contributed by atoms with Crippen LogP contribution < -0.4 is 0 Å². The summed E-state index contributed by atoms with van der Waals surface area (Å²) in [7, 11) is 0. The van der Waals surface area contributed by atoms with Crippen LogP contribution in [0.2, 0.25) is 0 Å². The Morgan fingerprint density at radius 2 is 0.860 bits per heavy atom. The summed E-state index contributed by atoms with van der Waals surface area (Å²) in [6.07, 6.45) is 0. The minimum Gasteiger partial charge on any atom is -0.310 e. The molecule has 3 nitrogen and oxygen atoms in total. The Morgan fingerprint density at radius 1 is 0.298 bits per heavy atom. The largest absolute Gasteiger partial charge is 0.310 e. The molecule has 0 saturated carbocycles. The van der Waals surface area contributed by atoms with Crippen LogP contribution in [0, 0.1) is 0 Å². The molecule has 0 N–H and O–H groups in total. The molecule has 0 aliphatic heterocycles. The molecule has 2 heterocycles. The van der Waals surface area contributed by atoms with E-state index in [0.717, 1.165) is 93.1 Å². The Labute approximate surface area is 334 Å². The molecular formula is C54H35N3. The summed E-state index contributed by atoms with van der Waals surface area (Å²) < 4.78 is 42.5. The molecule has 0 unspecified atom stereocenters. The van der Waals surface area contributed by atoms with Crippen molar-refractivity contribution in [2.45, 2.75) is 0 Å². The first kappa shape index (κ1) is 27.9. The van der Waals surface area contributed by atoms with Crippen molar-refractivity contribution in [3.8, 4) is 17.1 Å². The quantitative estimate of drug-likeness (QED) is 0.161. The van der Waals surface area contributed by atoms with Crippen LogP contribution in [0.5, 0.6) is 0 Å². The van der Waals surface area contributed by atoms with E-state index < -0.39 is 0 Å². The van der Waals surface area contributed by atoms with Crippen LogP contribution in [0.25, 0.3) is 104 Å². The van der Waals surface area contributed by atoms with Crippen LogP contribution in [0.4, 0.5) is 0 Å². The van der Waals surface area contributed by atoms with Gasteiger partial charge in [-0.05, 0) is 123 Å². The SMILES string of the molecule is [2H]c1c([2H])c([2H])c2c(c1[2H])c1ccc(-n3c4cccc(c4)c4cccc(c4)n(-c4ccccc4)c4ccc5ccc6ccc3cc6c5c4)cc1n2-c1cccc2ccccc12. The van der Waals surface area contributed by atoms with Gasteiger partial charge >= 0.3 is 0 Å². The van der Waals surface area contributed by atoms with E-state index >= 15 is 0 Å². The van der Waals surface area contributed by atoms with E-state index in [9.17, 15) is 1.37 Å². The number of benzene rings is 10. The van der Waals surface area contributed by atoms with Crippen LogP contribution >= 0.6 is 0 Å². The van der Waals surface area contributed by atoms with Gasteiger partial charge in [-0.3, -0.25) is 0 Å². The summed E-state index contributed by atoms with van der Waals surface area (Å²) in [4.78, 5) is 0. The second-order valence-corrected chi connectivity index (χ2v) is 14.7. The molecule has 0 aliphatic carbocycles. The molecule has 12 aromatic rings. The highest BCUT2D eigenvalue weighted by Gasteiger charge is 2.16. The molecule has 3 heteroatoms. The Hall–Kier alpha value is -7.62. The lowest BCUT2D eigenvalue weighted by atomic mass is 10.0. The molecule has 0 aliphatic rings. The van der Waals surface area contributed by atoms with Gasteiger partial charge in [-0.15, -0.1) is 0 Å². The van der Waals surface area contributed by atoms with Crippen molar-refractivity contribution in [2.75, 3.05) is 0 Å². The number of aromatic nitrogens is 3. The molecule has 0 fully saturated rings. The molecule has 0 saturated heterocycles. The third-order valence-electron chi connectivity index (χ3n) is 11.5. The maximum absolute atomic E-state index is 9.27. The molecule has 12 rings (SSSR count). The lowest BCUT2D eigenvalue weighted by molar-refractivity contribution is 1.15. The number of nitrogens with zero attached hydrogens (tertiary/aromatic N) is 3. The van der Waals surface area contributed by atoms with Crippen LogP contribution in [0.3, 0.4) is 0 Å². The molecule has 57 heavy (non-hydrogen) atoms. The maximum atomic E-state index is 9.27. The molecular weight excluding hydrogens is 691 g/mol. The van der Waals surface area contributed by atoms with Crippen LogP contribution in [-0.2, 0) is 0 Å². The zero-order chi connectivity index (χ0) is 40.9. The monoisotopic (exact) mass is 729 g/mol. The zero-order valence-electron chi connectivity index (χ0n) is 34.7. The first-order valence-corrected chi connectivity index (χ1v) is 19.3.